The van der Waals surface area contributed by atoms with Gasteiger partial charge in [0.1, 0.15) is 0 Å². The molecule has 7 rings (SSSR count). The fourth-order valence-electron chi connectivity index (χ4n) is 6.37. The lowest BCUT2D eigenvalue weighted by Gasteiger charge is -2.24. The lowest BCUT2D eigenvalue weighted by molar-refractivity contribution is 0.0720. The molecule has 4 aromatic carbocycles. The zero-order valence-electron chi connectivity index (χ0n) is 25.5. The first-order valence-corrected chi connectivity index (χ1v) is 15.5. The summed E-state index contributed by atoms with van der Waals surface area (Å²) in [7, 11) is 0. The van der Waals surface area contributed by atoms with E-state index in [0.29, 0.717) is 43.7 Å². The average Bonchev–Trinajstić information content (AvgIpc) is 3.34. The van der Waals surface area contributed by atoms with Crippen LogP contribution in [0.25, 0.3) is 44.3 Å². The molecule has 1 fully saturated rings. The van der Waals surface area contributed by atoms with Gasteiger partial charge in [0, 0.05) is 48.1 Å². The number of amides is 2. The number of pyridine rings is 2. The largest absolute Gasteiger partial charge is 0.337 e. The van der Waals surface area contributed by atoms with Crippen LogP contribution < -0.4 is 0 Å². The molecule has 0 atom stereocenters. The van der Waals surface area contributed by atoms with Gasteiger partial charge in [0.25, 0.3) is 11.8 Å². The molecular formula is C39H34N4O2. The number of fused-ring (bicyclic) bond motifs is 2. The molecule has 1 aliphatic heterocycles. The van der Waals surface area contributed by atoms with E-state index in [4.69, 9.17) is 9.97 Å². The van der Waals surface area contributed by atoms with Crippen molar-refractivity contribution in [2.75, 3.05) is 26.2 Å². The summed E-state index contributed by atoms with van der Waals surface area (Å²) < 4.78 is 0. The molecule has 6 nitrogen and oxygen atoms in total. The minimum absolute atomic E-state index is 0.0334. The third kappa shape index (κ3) is 5.44. The van der Waals surface area contributed by atoms with E-state index in [9.17, 15) is 9.59 Å². The molecule has 0 saturated carbocycles. The highest BCUT2D eigenvalue weighted by molar-refractivity contribution is 6.08. The molecule has 3 heterocycles. The number of carbonyl (C=O) groups is 2. The zero-order valence-corrected chi connectivity index (χ0v) is 25.5. The van der Waals surface area contributed by atoms with E-state index < -0.39 is 0 Å². The maximum atomic E-state index is 14.2. The Bertz CT molecular complexity index is 1940. The summed E-state index contributed by atoms with van der Waals surface area (Å²) in [5, 5.41) is 1.67. The topological polar surface area (TPSA) is 66.4 Å². The second-order valence-electron chi connectivity index (χ2n) is 11.7. The SMILES string of the molecule is Cc1ccccc1-c1cc(C(=O)N2CCCN(C(=O)c3cc(-c4ccccc4C)nc4ccccc34)CC2)c2ccccc2n1. The molecule has 45 heavy (non-hydrogen) atoms. The summed E-state index contributed by atoms with van der Waals surface area (Å²) in [4.78, 5) is 42.0. The molecule has 6 heteroatoms. The smallest absolute Gasteiger partial charge is 0.254 e. The van der Waals surface area contributed by atoms with Gasteiger partial charge in [-0.15, -0.1) is 0 Å². The van der Waals surface area contributed by atoms with Gasteiger partial charge >= 0.3 is 0 Å². The number of rotatable bonds is 4. The van der Waals surface area contributed by atoms with Gasteiger partial charge in [0.05, 0.1) is 33.5 Å². The standard InChI is InChI=1S/C39H34N4O2/c1-26-12-3-5-14-28(26)36-24-32(30-16-7-9-18-34(30)40-36)38(44)42-20-11-21-43(23-22-42)39(45)33-25-37(29-15-6-4-13-27(29)2)41-35-19-10-8-17-31(33)35/h3-10,12-19,24-25H,11,20-23H2,1-2H3. The maximum absolute atomic E-state index is 14.2. The molecule has 1 saturated heterocycles. The van der Waals surface area contributed by atoms with E-state index in [0.717, 1.165) is 55.4 Å². The van der Waals surface area contributed by atoms with Gasteiger partial charge in [-0.25, -0.2) is 9.97 Å². The summed E-state index contributed by atoms with van der Waals surface area (Å²) in [6, 6.07) is 35.7. The highest BCUT2D eigenvalue weighted by Gasteiger charge is 2.27. The highest BCUT2D eigenvalue weighted by atomic mass is 16.2. The van der Waals surface area contributed by atoms with Gasteiger partial charge in [0.2, 0.25) is 0 Å². The number of para-hydroxylation sites is 2. The fraction of sp³-hybridized carbons (Fsp3) is 0.179. The van der Waals surface area contributed by atoms with Crippen molar-refractivity contribution in [3.05, 3.63) is 131 Å². The van der Waals surface area contributed by atoms with Crippen LogP contribution in [-0.4, -0.2) is 57.8 Å². The van der Waals surface area contributed by atoms with Crippen LogP contribution >= 0.6 is 0 Å². The number of nitrogens with zero attached hydrogens (tertiary/aromatic N) is 4. The fourth-order valence-corrected chi connectivity index (χ4v) is 6.37. The second-order valence-corrected chi connectivity index (χ2v) is 11.7. The molecule has 0 spiro atoms. The van der Waals surface area contributed by atoms with Crippen molar-refractivity contribution in [2.45, 2.75) is 20.3 Å². The quantitative estimate of drug-likeness (QED) is 0.211. The Balaban J connectivity index is 1.19. The maximum Gasteiger partial charge on any atom is 0.254 e. The molecule has 0 bridgehead atoms. The van der Waals surface area contributed by atoms with Crippen LogP contribution in [0.5, 0.6) is 0 Å². The molecule has 2 amide bonds. The van der Waals surface area contributed by atoms with Crippen LogP contribution in [0.1, 0.15) is 38.3 Å². The molecule has 0 radical (unpaired) electrons. The highest BCUT2D eigenvalue weighted by Crippen LogP contribution is 2.30. The van der Waals surface area contributed by atoms with Crippen LogP contribution in [0.4, 0.5) is 0 Å². The van der Waals surface area contributed by atoms with E-state index in [-0.39, 0.29) is 11.8 Å². The van der Waals surface area contributed by atoms with Crippen molar-refractivity contribution >= 4 is 33.6 Å². The molecule has 6 aromatic rings. The van der Waals surface area contributed by atoms with E-state index in [1.54, 1.807) is 0 Å². The molecule has 2 aromatic heterocycles. The van der Waals surface area contributed by atoms with E-state index in [1.165, 1.54) is 0 Å². The van der Waals surface area contributed by atoms with Crippen molar-refractivity contribution in [3.63, 3.8) is 0 Å². The monoisotopic (exact) mass is 590 g/mol. The number of benzene rings is 4. The first-order chi connectivity index (χ1) is 22.0. The van der Waals surface area contributed by atoms with Crippen molar-refractivity contribution in [3.8, 4) is 22.5 Å². The number of hydrogen-bond donors (Lipinski definition) is 0. The number of hydrogen-bond acceptors (Lipinski definition) is 4. The summed E-state index contributed by atoms with van der Waals surface area (Å²) >= 11 is 0. The minimum atomic E-state index is -0.0334. The lowest BCUT2D eigenvalue weighted by atomic mass is 10.0. The second kappa shape index (κ2) is 12.0. The van der Waals surface area contributed by atoms with E-state index >= 15 is 0 Å². The van der Waals surface area contributed by atoms with Crippen LogP contribution in [0.15, 0.2) is 109 Å². The van der Waals surface area contributed by atoms with Crippen molar-refractivity contribution in [1.82, 2.24) is 19.8 Å². The van der Waals surface area contributed by atoms with Crippen molar-refractivity contribution in [2.24, 2.45) is 0 Å². The normalized spacial score (nSPS) is 13.6. The first kappa shape index (κ1) is 28.4. The Morgan fingerprint density at radius 2 is 0.933 bits per heavy atom. The van der Waals surface area contributed by atoms with Gasteiger partial charge in [-0.05, 0) is 55.7 Å². The average molecular weight is 591 g/mol. The van der Waals surface area contributed by atoms with Gasteiger partial charge in [-0.2, -0.15) is 0 Å². The molecular weight excluding hydrogens is 556 g/mol. The van der Waals surface area contributed by atoms with Crippen LogP contribution in [0.3, 0.4) is 0 Å². The van der Waals surface area contributed by atoms with Gasteiger partial charge in [-0.3, -0.25) is 9.59 Å². The number of aromatic nitrogens is 2. The van der Waals surface area contributed by atoms with Crippen molar-refractivity contribution in [1.29, 1.82) is 0 Å². The predicted molar refractivity (Wildman–Crippen MR) is 180 cm³/mol. The molecule has 0 aliphatic carbocycles. The Kier molecular flexibility index (Phi) is 7.55. The molecule has 0 unspecified atom stereocenters. The Labute approximate surface area is 263 Å². The number of aryl methyl sites for hydroxylation is 2. The van der Waals surface area contributed by atoms with Crippen molar-refractivity contribution < 1.29 is 9.59 Å². The van der Waals surface area contributed by atoms with Gasteiger partial charge in [-0.1, -0.05) is 84.9 Å². The van der Waals surface area contributed by atoms with E-state index in [1.807, 2.05) is 107 Å². The Morgan fingerprint density at radius 1 is 0.533 bits per heavy atom. The zero-order chi connectivity index (χ0) is 30.9. The summed E-state index contributed by atoms with van der Waals surface area (Å²) in [5.74, 6) is -0.0668. The Hall–Kier alpha value is -5.36. The third-order valence-corrected chi connectivity index (χ3v) is 8.81. The third-order valence-electron chi connectivity index (χ3n) is 8.81. The molecule has 222 valence electrons. The lowest BCUT2D eigenvalue weighted by Crippen LogP contribution is -2.37. The van der Waals surface area contributed by atoms with Gasteiger partial charge < -0.3 is 9.80 Å². The van der Waals surface area contributed by atoms with E-state index in [2.05, 4.69) is 26.0 Å². The summed E-state index contributed by atoms with van der Waals surface area (Å²) in [6.45, 7) is 6.17. The molecule has 1 aliphatic rings. The van der Waals surface area contributed by atoms with Crippen LogP contribution in [0.2, 0.25) is 0 Å². The Morgan fingerprint density at radius 3 is 1.38 bits per heavy atom. The minimum Gasteiger partial charge on any atom is -0.337 e. The first-order valence-electron chi connectivity index (χ1n) is 15.5. The predicted octanol–water partition coefficient (Wildman–Crippen LogP) is 7.72. The number of carbonyl (C=O) groups excluding carboxylic acids is 2. The summed E-state index contributed by atoms with van der Waals surface area (Å²) in [6.07, 6.45) is 0.693. The van der Waals surface area contributed by atoms with Crippen LogP contribution in [0, 0.1) is 13.8 Å². The molecule has 0 N–H and O–H groups in total. The summed E-state index contributed by atoms with van der Waals surface area (Å²) in [5.41, 5.74) is 8.69. The van der Waals surface area contributed by atoms with Crippen LogP contribution in [-0.2, 0) is 0 Å². The van der Waals surface area contributed by atoms with Gasteiger partial charge in [0.15, 0.2) is 0 Å².